The first-order valence-corrected chi connectivity index (χ1v) is 13.2. The molecule has 6 nitrogen and oxygen atoms in total. The number of Topliss-reactive ketones (excluding diaryl/α,β-unsaturated/α-hetero) is 2. The summed E-state index contributed by atoms with van der Waals surface area (Å²) in [4.78, 5) is 29.5. The van der Waals surface area contributed by atoms with Gasteiger partial charge in [0.25, 0.3) is 0 Å². The molecule has 0 amide bonds. The average Bonchev–Trinajstić information content (AvgIpc) is 2.96. The SMILES string of the molecule is O=C1C2=C(C(=O)C3=C1C1c4ccccc4C3c3cc(O)c(O)cc31)C1c3ccccc3C2c2cc(O)c(O)cc21. The van der Waals surface area contributed by atoms with Gasteiger partial charge in [0.15, 0.2) is 34.6 Å². The van der Waals surface area contributed by atoms with Crippen LogP contribution in [0.3, 0.4) is 0 Å². The van der Waals surface area contributed by atoms with E-state index in [1.165, 1.54) is 24.3 Å². The monoisotopic (exact) mass is 524 g/mol. The molecule has 0 saturated heterocycles. The number of carbonyl (C=O) groups excluding carboxylic acids is 2. The zero-order valence-corrected chi connectivity index (χ0v) is 20.8. The lowest BCUT2D eigenvalue weighted by Crippen LogP contribution is -2.43. The van der Waals surface area contributed by atoms with Crippen LogP contribution >= 0.6 is 0 Å². The highest BCUT2D eigenvalue weighted by molar-refractivity contribution is 6.30. The van der Waals surface area contributed by atoms with E-state index in [0.29, 0.717) is 44.5 Å². The molecule has 192 valence electrons. The molecule has 0 fully saturated rings. The topological polar surface area (TPSA) is 115 Å². The maximum atomic E-state index is 14.8. The van der Waals surface area contributed by atoms with Crippen molar-refractivity contribution < 1.29 is 30.0 Å². The molecular formula is C34H20O6. The number of ketones is 2. The van der Waals surface area contributed by atoms with E-state index in [9.17, 15) is 30.0 Å². The molecule has 6 heteroatoms. The molecule has 0 heterocycles. The fourth-order valence-electron chi connectivity index (χ4n) is 8.13. The number of phenols is 4. The van der Waals surface area contributed by atoms with E-state index in [4.69, 9.17) is 0 Å². The average molecular weight is 525 g/mol. The van der Waals surface area contributed by atoms with Gasteiger partial charge in [-0.25, -0.2) is 0 Å². The number of rotatable bonds is 0. The van der Waals surface area contributed by atoms with Gasteiger partial charge in [0.05, 0.1) is 0 Å². The minimum Gasteiger partial charge on any atom is -0.504 e. The van der Waals surface area contributed by atoms with Gasteiger partial charge in [-0.2, -0.15) is 0 Å². The molecule has 40 heavy (non-hydrogen) atoms. The molecule has 4 N–H and O–H groups in total. The van der Waals surface area contributed by atoms with Gasteiger partial charge in [-0.1, -0.05) is 48.5 Å². The highest BCUT2D eigenvalue weighted by Crippen LogP contribution is 2.65. The van der Waals surface area contributed by atoms with Crippen molar-refractivity contribution in [1.82, 2.24) is 0 Å². The molecule has 4 aromatic carbocycles. The second-order valence-electron chi connectivity index (χ2n) is 11.2. The molecule has 0 saturated carbocycles. The lowest BCUT2D eigenvalue weighted by atomic mass is 9.51. The van der Waals surface area contributed by atoms with E-state index < -0.39 is 23.7 Å². The third kappa shape index (κ3) is 2.29. The summed E-state index contributed by atoms with van der Waals surface area (Å²) in [6.07, 6.45) is 0. The van der Waals surface area contributed by atoms with Crippen molar-refractivity contribution in [3.63, 3.8) is 0 Å². The van der Waals surface area contributed by atoms with Crippen molar-refractivity contribution in [2.75, 3.05) is 0 Å². The van der Waals surface area contributed by atoms with Gasteiger partial charge in [-0.05, 0) is 68.8 Å². The van der Waals surface area contributed by atoms with Gasteiger partial charge in [0.2, 0.25) is 0 Å². The first-order valence-electron chi connectivity index (χ1n) is 13.2. The van der Waals surface area contributed by atoms with E-state index in [1.54, 1.807) is 0 Å². The number of hydrogen-bond acceptors (Lipinski definition) is 6. The number of allylic oxidation sites excluding steroid dienone is 4. The number of benzene rings is 4. The zero-order valence-electron chi connectivity index (χ0n) is 20.8. The number of carbonyl (C=O) groups is 2. The van der Waals surface area contributed by atoms with Crippen molar-refractivity contribution in [3.05, 3.63) is 140 Å². The Kier molecular flexibility index (Phi) is 3.76. The summed E-state index contributed by atoms with van der Waals surface area (Å²) in [6, 6.07) is 21.5. The Bertz CT molecular complexity index is 1730. The molecule has 4 aromatic rings. The van der Waals surface area contributed by atoms with Crippen LogP contribution in [0.2, 0.25) is 0 Å². The van der Waals surface area contributed by atoms with Crippen LogP contribution in [0.4, 0.5) is 0 Å². The highest BCUT2D eigenvalue weighted by Gasteiger charge is 2.56. The standard InChI is InChI=1S/C34H20O6/c35-21-9-17-18(10-22(21)36)26-14-6-2-1-5-13(14)25(17)29-30(26)34(40)32-28-16-8-4-3-7-15(16)27(31(32)33(29)39)19-11-23(37)24(38)12-20(19)28/h1-12,25-28,35-38H. The quantitative estimate of drug-likeness (QED) is 0.187. The van der Waals surface area contributed by atoms with E-state index in [1.807, 2.05) is 48.5 Å². The van der Waals surface area contributed by atoms with Crippen LogP contribution in [0.5, 0.6) is 23.0 Å². The van der Waals surface area contributed by atoms with Crippen LogP contribution in [0, 0.1) is 0 Å². The predicted octanol–water partition coefficient (Wildman–Crippen LogP) is 5.14. The molecule has 7 aliphatic rings. The fourth-order valence-corrected chi connectivity index (χ4v) is 8.13. The lowest BCUT2D eigenvalue weighted by Gasteiger charge is -2.49. The third-order valence-corrected chi connectivity index (χ3v) is 9.55. The van der Waals surface area contributed by atoms with Gasteiger partial charge in [-0.3, -0.25) is 9.59 Å². The second kappa shape index (κ2) is 6.90. The minimum atomic E-state index is -0.563. The van der Waals surface area contributed by atoms with Crippen LogP contribution in [0.15, 0.2) is 95.1 Å². The molecule has 0 radical (unpaired) electrons. The van der Waals surface area contributed by atoms with E-state index in [2.05, 4.69) is 0 Å². The summed E-state index contributed by atoms with van der Waals surface area (Å²) in [5, 5.41) is 41.7. The number of aromatic hydroxyl groups is 4. The largest absolute Gasteiger partial charge is 0.504 e. The smallest absolute Gasteiger partial charge is 0.187 e. The molecule has 0 aromatic heterocycles. The van der Waals surface area contributed by atoms with Crippen molar-refractivity contribution in [2.45, 2.75) is 23.7 Å². The summed E-state index contributed by atoms with van der Waals surface area (Å²) in [6.45, 7) is 0. The first kappa shape index (κ1) is 21.8. The van der Waals surface area contributed by atoms with E-state index in [-0.39, 0.29) is 34.6 Å². The second-order valence-corrected chi connectivity index (χ2v) is 11.2. The van der Waals surface area contributed by atoms with E-state index in [0.717, 1.165) is 22.3 Å². The van der Waals surface area contributed by atoms with Crippen LogP contribution in [-0.4, -0.2) is 32.0 Å². The Morgan fingerprint density at radius 1 is 0.375 bits per heavy atom. The molecule has 4 bridgehead atoms. The molecular weight excluding hydrogens is 504 g/mol. The highest BCUT2D eigenvalue weighted by atomic mass is 16.3. The summed E-state index contributed by atoms with van der Waals surface area (Å²) >= 11 is 0. The van der Waals surface area contributed by atoms with Gasteiger partial charge in [-0.15, -0.1) is 0 Å². The molecule has 0 spiro atoms. The first-order chi connectivity index (χ1) is 19.4. The molecule has 0 aliphatic heterocycles. The number of phenolic OH excluding ortho intramolecular Hbond substituents is 4. The van der Waals surface area contributed by atoms with Gasteiger partial charge < -0.3 is 20.4 Å². The Hall–Kier alpha value is -5.10. The predicted molar refractivity (Wildman–Crippen MR) is 144 cm³/mol. The maximum absolute atomic E-state index is 14.8. The maximum Gasteiger partial charge on any atom is 0.187 e. The Balaban J connectivity index is 1.34. The van der Waals surface area contributed by atoms with Crippen molar-refractivity contribution in [1.29, 1.82) is 0 Å². The Labute approximate surface area is 227 Å². The fraction of sp³-hybridized carbons (Fsp3) is 0.118. The number of hydrogen-bond donors (Lipinski definition) is 4. The Morgan fingerprint density at radius 3 is 0.825 bits per heavy atom. The normalized spacial score (nSPS) is 24.3. The molecule has 7 aliphatic carbocycles. The van der Waals surface area contributed by atoms with Gasteiger partial charge >= 0.3 is 0 Å². The van der Waals surface area contributed by atoms with Crippen LogP contribution in [0.25, 0.3) is 0 Å². The lowest BCUT2D eigenvalue weighted by molar-refractivity contribution is -0.117. The molecule has 11 rings (SSSR count). The summed E-state index contributed by atoms with van der Waals surface area (Å²) in [5.41, 5.74) is 8.24. The van der Waals surface area contributed by atoms with E-state index >= 15 is 0 Å². The van der Waals surface area contributed by atoms with Crippen LogP contribution in [0.1, 0.15) is 68.2 Å². The molecule has 4 unspecified atom stereocenters. The summed E-state index contributed by atoms with van der Waals surface area (Å²) in [7, 11) is 0. The van der Waals surface area contributed by atoms with Crippen molar-refractivity contribution in [3.8, 4) is 23.0 Å². The summed E-state index contributed by atoms with van der Waals surface area (Å²) < 4.78 is 0. The zero-order chi connectivity index (χ0) is 27.2. The molecule has 4 atom stereocenters. The van der Waals surface area contributed by atoms with Crippen molar-refractivity contribution in [2.24, 2.45) is 0 Å². The van der Waals surface area contributed by atoms with Crippen LogP contribution < -0.4 is 0 Å². The van der Waals surface area contributed by atoms with Crippen LogP contribution in [-0.2, 0) is 9.59 Å². The minimum absolute atomic E-state index is 0.199. The van der Waals surface area contributed by atoms with Crippen molar-refractivity contribution >= 4 is 11.6 Å². The Morgan fingerprint density at radius 2 is 0.600 bits per heavy atom. The third-order valence-electron chi connectivity index (χ3n) is 9.55. The van der Waals surface area contributed by atoms with Gasteiger partial charge in [0, 0.05) is 46.0 Å². The van der Waals surface area contributed by atoms with Gasteiger partial charge in [0.1, 0.15) is 0 Å². The summed E-state index contributed by atoms with van der Waals surface area (Å²) in [5.74, 6) is -3.72.